The number of amidine groups is 1. The molecule has 0 amide bonds. The van der Waals surface area contributed by atoms with Crippen molar-refractivity contribution in [2.75, 3.05) is 20.7 Å². The van der Waals surface area contributed by atoms with E-state index in [1.165, 1.54) is 18.1 Å². The van der Waals surface area contributed by atoms with Gasteiger partial charge < -0.3 is 14.5 Å². The molecule has 0 atom stereocenters. The molecule has 19 heavy (non-hydrogen) atoms. The molecule has 108 valence electrons. The van der Waals surface area contributed by atoms with Crippen LogP contribution in [0.5, 0.6) is 0 Å². The highest BCUT2D eigenvalue weighted by atomic mass is 19.1. The SMILES string of the molecule is COC(=O)CCC/C=C(/F)CN(C)/C(C)=N\OC=O. The molecule has 0 aromatic heterocycles. The van der Waals surface area contributed by atoms with Gasteiger partial charge in [-0.2, -0.15) is 0 Å². The van der Waals surface area contributed by atoms with E-state index in [0.717, 1.165) is 0 Å². The minimum absolute atomic E-state index is 0.0236. The van der Waals surface area contributed by atoms with Crippen LogP contribution in [0.4, 0.5) is 4.39 Å². The maximum atomic E-state index is 13.5. The number of nitrogens with zero attached hydrogens (tertiary/aromatic N) is 2. The lowest BCUT2D eigenvalue weighted by Crippen LogP contribution is -2.25. The average molecular weight is 274 g/mol. The molecule has 0 spiro atoms. The summed E-state index contributed by atoms with van der Waals surface area (Å²) in [5, 5.41) is 3.45. The molecule has 0 N–H and O–H groups in total. The molecule has 0 aliphatic heterocycles. The second-order valence-corrected chi connectivity index (χ2v) is 3.82. The fourth-order valence-corrected chi connectivity index (χ4v) is 1.18. The minimum Gasteiger partial charge on any atom is -0.469 e. The molecule has 0 rings (SSSR count). The molecule has 6 nitrogen and oxygen atoms in total. The average Bonchev–Trinajstić information content (AvgIpc) is 2.40. The van der Waals surface area contributed by atoms with Crippen LogP contribution >= 0.6 is 0 Å². The molecule has 0 fully saturated rings. The molecule has 0 aliphatic rings. The van der Waals surface area contributed by atoms with E-state index in [1.54, 1.807) is 14.0 Å². The van der Waals surface area contributed by atoms with Gasteiger partial charge in [0.15, 0.2) is 0 Å². The molecule has 0 aromatic rings. The zero-order valence-corrected chi connectivity index (χ0v) is 11.4. The Balaban J connectivity index is 4.03. The van der Waals surface area contributed by atoms with Gasteiger partial charge in [0, 0.05) is 13.5 Å². The number of hydrogen-bond donors (Lipinski definition) is 0. The Hall–Kier alpha value is -1.92. The van der Waals surface area contributed by atoms with Gasteiger partial charge in [0.2, 0.25) is 0 Å². The van der Waals surface area contributed by atoms with Crippen LogP contribution in [-0.2, 0) is 19.2 Å². The van der Waals surface area contributed by atoms with E-state index in [1.807, 2.05) is 0 Å². The summed E-state index contributed by atoms with van der Waals surface area (Å²) >= 11 is 0. The van der Waals surface area contributed by atoms with Gasteiger partial charge in [-0.15, -0.1) is 0 Å². The molecule has 0 heterocycles. The Morgan fingerprint density at radius 1 is 1.47 bits per heavy atom. The first-order valence-electron chi connectivity index (χ1n) is 5.77. The van der Waals surface area contributed by atoms with Gasteiger partial charge in [-0.3, -0.25) is 9.59 Å². The highest BCUT2D eigenvalue weighted by Gasteiger charge is 2.05. The third kappa shape index (κ3) is 8.76. The number of hydrogen-bond acceptors (Lipinski definition) is 5. The van der Waals surface area contributed by atoms with Crippen LogP contribution < -0.4 is 0 Å². The first-order chi connectivity index (χ1) is 9.01. The molecule has 0 radical (unpaired) electrons. The highest BCUT2D eigenvalue weighted by Crippen LogP contribution is 2.06. The van der Waals surface area contributed by atoms with E-state index in [2.05, 4.69) is 14.7 Å². The maximum Gasteiger partial charge on any atom is 0.323 e. The predicted octanol–water partition coefficient (Wildman–Crippen LogP) is 1.62. The predicted molar refractivity (Wildman–Crippen MR) is 67.9 cm³/mol. The number of halogens is 1. The standard InChI is InChI=1S/C12H19FN2O4/c1-10(14-19-9-16)15(2)8-11(13)6-4-5-7-12(17)18-3/h6,9H,4-5,7-8H2,1-3H3/b11-6+,14-10-. The Kier molecular flexibility index (Phi) is 9.03. The van der Waals surface area contributed by atoms with Gasteiger partial charge in [-0.05, 0) is 19.8 Å². The second kappa shape index (κ2) is 10.0. The lowest BCUT2D eigenvalue weighted by Gasteiger charge is -2.16. The summed E-state index contributed by atoms with van der Waals surface area (Å²) in [6.07, 6.45) is 2.66. The van der Waals surface area contributed by atoms with Crippen molar-refractivity contribution in [1.29, 1.82) is 0 Å². The van der Waals surface area contributed by atoms with Crippen molar-refractivity contribution < 1.29 is 23.6 Å². The number of carbonyl (C=O) groups is 2. The largest absolute Gasteiger partial charge is 0.469 e. The Morgan fingerprint density at radius 2 is 2.16 bits per heavy atom. The number of likely N-dealkylation sites (N-methyl/N-ethyl adjacent to an activating group) is 1. The van der Waals surface area contributed by atoms with Gasteiger partial charge in [-0.1, -0.05) is 11.2 Å². The van der Waals surface area contributed by atoms with Crippen molar-refractivity contribution >= 4 is 18.3 Å². The number of methoxy groups -OCH3 is 1. The number of oxime groups is 1. The molecule has 7 heteroatoms. The number of esters is 1. The van der Waals surface area contributed by atoms with E-state index < -0.39 is 0 Å². The molecule has 0 saturated heterocycles. The molecule has 0 saturated carbocycles. The molecule has 0 unspecified atom stereocenters. The van der Waals surface area contributed by atoms with Crippen LogP contribution in [0.2, 0.25) is 0 Å². The van der Waals surface area contributed by atoms with Crippen LogP contribution in [0.25, 0.3) is 0 Å². The molecule has 0 aliphatic carbocycles. The summed E-state index contributed by atoms with van der Waals surface area (Å²) in [4.78, 5) is 26.5. The number of carbonyl (C=O) groups excluding carboxylic acids is 2. The van der Waals surface area contributed by atoms with Gasteiger partial charge in [0.05, 0.1) is 13.7 Å². The fraction of sp³-hybridized carbons (Fsp3) is 0.583. The van der Waals surface area contributed by atoms with Gasteiger partial charge >= 0.3 is 12.4 Å². The number of ether oxygens (including phenoxy) is 1. The maximum absolute atomic E-state index is 13.5. The monoisotopic (exact) mass is 274 g/mol. The van der Waals surface area contributed by atoms with E-state index in [9.17, 15) is 14.0 Å². The lowest BCUT2D eigenvalue weighted by atomic mass is 10.2. The summed E-state index contributed by atoms with van der Waals surface area (Å²) in [6, 6.07) is 0. The van der Waals surface area contributed by atoms with Crippen molar-refractivity contribution in [3.8, 4) is 0 Å². The summed E-state index contributed by atoms with van der Waals surface area (Å²) in [6.45, 7) is 1.81. The summed E-state index contributed by atoms with van der Waals surface area (Å²) in [7, 11) is 2.94. The van der Waals surface area contributed by atoms with Crippen molar-refractivity contribution in [2.45, 2.75) is 26.2 Å². The normalized spacial score (nSPS) is 12.0. The van der Waals surface area contributed by atoms with Gasteiger partial charge in [-0.25, -0.2) is 4.39 Å². The first kappa shape index (κ1) is 17.1. The van der Waals surface area contributed by atoms with E-state index in [0.29, 0.717) is 18.7 Å². The van der Waals surface area contributed by atoms with Gasteiger partial charge in [0.1, 0.15) is 11.7 Å². The van der Waals surface area contributed by atoms with Crippen LogP contribution in [0.3, 0.4) is 0 Å². The van der Waals surface area contributed by atoms with E-state index in [4.69, 9.17) is 0 Å². The molecular formula is C12H19FN2O4. The van der Waals surface area contributed by atoms with Crippen LogP contribution in [0.15, 0.2) is 17.1 Å². The highest BCUT2D eigenvalue weighted by molar-refractivity contribution is 5.79. The Labute approximate surface area is 111 Å². The lowest BCUT2D eigenvalue weighted by molar-refractivity contribution is -0.140. The van der Waals surface area contributed by atoms with Crippen molar-refractivity contribution in [3.05, 3.63) is 11.9 Å². The molecular weight excluding hydrogens is 255 g/mol. The number of rotatable bonds is 8. The number of unbranched alkanes of at least 4 members (excludes halogenated alkanes) is 1. The third-order valence-electron chi connectivity index (χ3n) is 2.35. The second-order valence-electron chi connectivity index (χ2n) is 3.82. The topological polar surface area (TPSA) is 68.2 Å². The Morgan fingerprint density at radius 3 is 2.74 bits per heavy atom. The molecule has 0 bridgehead atoms. The fourth-order valence-electron chi connectivity index (χ4n) is 1.18. The van der Waals surface area contributed by atoms with Gasteiger partial charge in [0.25, 0.3) is 0 Å². The number of allylic oxidation sites excluding steroid dienone is 1. The van der Waals surface area contributed by atoms with Crippen LogP contribution in [0.1, 0.15) is 26.2 Å². The third-order valence-corrected chi connectivity index (χ3v) is 2.35. The van der Waals surface area contributed by atoms with Crippen LogP contribution in [-0.4, -0.2) is 43.9 Å². The quantitative estimate of drug-likeness (QED) is 0.128. The van der Waals surface area contributed by atoms with E-state index >= 15 is 0 Å². The zero-order valence-electron chi connectivity index (χ0n) is 11.4. The minimum atomic E-state index is -0.340. The molecule has 0 aromatic carbocycles. The van der Waals surface area contributed by atoms with Crippen molar-refractivity contribution in [3.63, 3.8) is 0 Å². The summed E-state index contributed by atoms with van der Waals surface area (Å²) < 4.78 is 18.0. The Bertz CT molecular complexity index is 356. The van der Waals surface area contributed by atoms with Crippen molar-refractivity contribution in [1.82, 2.24) is 4.90 Å². The summed E-state index contributed by atoms with van der Waals surface area (Å²) in [5.74, 6) is -0.266. The zero-order chi connectivity index (χ0) is 14.7. The smallest absolute Gasteiger partial charge is 0.323 e. The summed E-state index contributed by atoms with van der Waals surface area (Å²) in [5.41, 5.74) is 0. The van der Waals surface area contributed by atoms with E-state index in [-0.39, 0.29) is 31.2 Å². The van der Waals surface area contributed by atoms with Crippen molar-refractivity contribution in [2.24, 2.45) is 5.16 Å². The van der Waals surface area contributed by atoms with Crippen LogP contribution in [0, 0.1) is 0 Å². The first-order valence-corrected chi connectivity index (χ1v) is 5.77.